The zero-order valence-electron chi connectivity index (χ0n) is 9.93. The minimum Gasteiger partial charge on any atom is -0.392 e. The number of aliphatic hydroxyl groups is 2. The first-order valence-electron chi connectivity index (χ1n) is 6.19. The molecule has 0 aromatic rings. The van der Waals surface area contributed by atoms with Gasteiger partial charge < -0.3 is 10.2 Å². The highest BCUT2D eigenvalue weighted by Crippen LogP contribution is 2.24. The van der Waals surface area contributed by atoms with Gasteiger partial charge in [0.15, 0.2) is 0 Å². The Hall–Kier alpha value is -0.670. The average Bonchev–Trinajstić information content (AvgIpc) is 2.55. The molecule has 1 aliphatic rings. The van der Waals surface area contributed by atoms with Crippen LogP contribution in [0.4, 0.5) is 0 Å². The maximum Gasteiger partial charge on any atom is 0.136 e. The molecular formula is C13H22O3. The molecular weight excluding hydrogens is 204 g/mol. The maximum absolute atomic E-state index is 11.1. The second-order valence-corrected chi connectivity index (χ2v) is 4.63. The van der Waals surface area contributed by atoms with Crippen molar-refractivity contribution in [3.05, 3.63) is 12.2 Å². The molecule has 0 heterocycles. The summed E-state index contributed by atoms with van der Waals surface area (Å²) in [5.41, 5.74) is 0. The van der Waals surface area contributed by atoms with E-state index in [1.165, 1.54) is 0 Å². The van der Waals surface area contributed by atoms with Crippen molar-refractivity contribution in [2.24, 2.45) is 5.92 Å². The van der Waals surface area contributed by atoms with E-state index in [1.54, 1.807) is 12.2 Å². The van der Waals surface area contributed by atoms with Gasteiger partial charge in [-0.05, 0) is 6.42 Å². The lowest BCUT2D eigenvalue weighted by atomic mass is 10.0. The Labute approximate surface area is 97.2 Å². The van der Waals surface area contributed by atoms with E-state index in [0.29, 0.717) is 6.42 Å². The van der Waals surface area contributed by atoms with Crippen LogP contribution in [0.2, 0.25) is 0 Å². The van der Waals surface area contributed by atoms with Gasteiger partial charge in [0.05, 0.1) is 12.2 Å². The van der Waals surface area contributed by atoms with Crippen molar-refractivity contribution in [2.75, 3.05) is 0 Å². The molecule has 2 unspecified atom stereocenters. The molecule has 0 saturated heterocycles. The van der Waals surface area contributed by atoms with Gasteiger partial charge in [0.1, 0.15) is 5.78 Å². The van der Waals surface area contributed by atoms with Gasteiger partial charge in [0.2, 0.25) is 0 Å². The fourth-order valence-corrected chi connectivity index (χ4v) is 2.03. The molecule has 1 rings (SSSR count). The van der Waals surface area contributed by atoms with E-state index in [-0.39, 0.29) is 18.1 Å². The van der Waals surface area contributed by atoms with E-state index in [0.717, 1.165) is 25.7 Å². The predicted molar refractivity (Wildman–Crippen MR) is 63.0 cm³/mol. The van der Waals surface area contributed by atoms with Gasteiger partial charge in [0.25, 0.3) is 0 Å². The molecule has 0 radical (unpaired) electrons. The summed E-state index contributed by atoms with van der Waals surface area (Å²) < 4.78 is 0. The van der Waals surface area contributed by atoms with Crippen molar-refractivity contribution < 1.29 is 15.0 Å². The van der Waals surface area contributed by atoms with Crippen LogP contribution in [0.5, 0.6) is 0 Å². The first-order chi connectivity index (χ1) is 7.63. The van der Waals surface area contributed by atoms with E-state index >= 15 is 0 Å². The van der Waals surface area contributed by atoms with Crippen LogP contribution in [0, 0.1) is 5.92 Å². The van der Waals surface area contributed by atoms with Gasteiger partial charge in [-0.1, -0.05) is 38.3 Å². The van der Waals surface area contributed by atoms with E-state index in [2.05, 4.69) is 6.92 Å². The summed E-state index contributed by atoms with van der Waals surface area (Å²) >= 11 is 0. The van der Waals surface area contributed by atoms with Crippen LogP contribution in [-0.4, -0.2) is 28.2 Å². The first kappa shape index (κ1) is 13.4. The minimum atomic E-state index is -0.549. The fourth-order valence-electron chi connectivity index (χ4n) is 2.03. The number of Topliss-reactive ketones (excluding diaryl/α,β-unsaturated/α-hetero) is 1. The van der Waals surface area contributed by atoms with Crippen LogP contribution >= 0.6 is 0 Å². The Bertz CT molecular complexity index is 248. The summed E-state index contributed by atoms with van der Waals surface area (Å²) in [6.07, 6.45) is 7.28. The lowest BCUT2D eigenvalue weighted by Crippen LogP contribution is -2.11. The number of hydrogen-bond donors (Lipinski definition) is 2. The highest BCUT2D eigenvalue weighted by atomic mass is 16.3. The maximum atomic E-state index is 11.1. The third kappa shape index (κ3) is 4.45. The van der Waals surface area contributed by atoms with Crippen LogP contribution in [0.1, 0.15) is 45.4 Å². The summed E-state index contributed by atoms with van der Waals surface area (Å²) in [5.74, 6) is 0.0240. The third-order valence-electron chi connectivity index (χ3n) is 3.08. The normalized spacial score (nSPS) is 27.8. The van der Waals surface area contributed by atoms with Crippen molar-refractivity contribution in [1.29, 1.82) is 0 Å². The van der Waals surface area contributed by atoms with Crippen molar-refractivity contribution >= 4 is 5.78 Å². The summed E-state index contributed by atoms with van der Waals surface area (Å²) in [6.45, 7) is 2.13. The number of rotatable bonds is 6. The number of carbonyl (C=O) groups excluding carboxylic acids is 1. The van der Waals surface area contributed by atoms with Crippen molar-refractivity contribution in [3.8, 4) is 0 Å². The molecule has 0 aromatic carbocycles. The average molecular weight is 226 g/mol. The summed E-state index contributed by atoms with van der Waals surface area (Å²) in [7, 11) is 0. The molecule has 1 fully saturated rings. The summed E-state index contributed by atoms with van der Waals surface area (Å²) in [4.78, 5) is 11.1. The van der Waals surface area contributed by atoms with Gasteiger partial charge in [-0.2, -0.15) is 0 Å². The molecule has 3 nitrogen and oxygen atoms in total. The zero-order chi connectivity index (χ0) is 12.0. The summed E-state index contributed by atoms with van der Waals surface area (Å²) in [6, 6.07) is 0. The van der Waals surface area contributed by atoms with Crippen LogP contribution in [0.15, 0.2) is 12.2 Å². The number of aliphatic hydroxyl groups excluding tert-OH is 2. The Morgan fingerprint density at radius 2 is 2.19 bits per heavy atom. The highest BCUT2D eigenvalue weighted by Gasteiger charge is 2.29. The van der Waals surface area contributed by atoms with E-state index in [4.69, 9.17) is 0 Å². The van der Waals surface area contributed by atoms with Gasteiger partial charge in [0, 0.05) is 18.8 Å². The SMILES string of the molecule is CCCCCC(O)/C=C/[C@@H]1CC(=O)CC1O. The lowest BCUT2D eigenvalue weighted by Gasteiger charge is -2.09. The highest BCUT2D eigenvalue weighted by molar-refractivity contribution is 5.81. The quantitative estimate of drug-likeness (QED) is 0.536. The second kappa shape index (κ2) is 6.81. The Balaban J connectivity index is 2.27. The zero-order valence-corrected chi connectivity index (χ0v) is 9.93. The molecule has 1 saturated carbocycles. The van der Waals surface area contributed by atoms with E-state index in [9.17, 15) is 15.0 Å². The van der Waals surface area contributed by atoms with Gasteiger partial charge >= 0.3 is 0 Å². The predicted octanol–water partition coefficient (Wildman–Crippen LogP) is 1.82. The van der Waals surface area contributed by atoms with Gasteiger partial charge in [-0.25, -0.2) is 0 Å². The summed E-state index contributed by atoms with van der Waals surface area (Å²) in [5, 5.41) is 19.2. The number of ketones is 1. The smallest absolute Gasteiger partial charge is 0.136 e. The monoisotopic (exact) mass is 226 g/mol. The third-order valence-corrected chi connectivity index (χ3v) is 3.08. The molecule has 0 amide bonds. The van der Waals surface area contributed by atoms with Crippen LogP contribution in [-0.2, 0) is 4.79 Å². The van der Waals surface area contributed by atoms with Crippen molar-refractivity contribution in [3.63, 3.8) is 0 Å². The second-order valence-electron chi connectivity index (χ2n) is 4.63. The van der Waals surface area contributed by atoms with Crippen molar-refractivity contribution in [2.45, 2.75) is 57.7 Å². The molecule has 3 atom stereocenters. The number of unbranched alkanes of at least 4 members (excludes halogenated alkanes) is 2. The molecule has 2 N–H and O–H groups in total. The number of carbonyl (C=O) groups is 1. The molecule has 0 bridgehead atoms. The van der Waals surface area contributed by atoms with Crippen LogP contribution in [0.25, 0.3) is 0 Å². The van der Waals surface area contributed by atoms with Gasteiger partial charge in [-0.3, -0.25) is 4.79 Å². The van der Waals surface area contributed by atoms with E-state index < -0.39 is 12.2 Å². The van der Waals surface area contributed by atoms with Crippen LogP contribution in [0.3, 0.4) is 0 Å². The van der Waals surface area contributed by atoms with Crippen LogP contribution < -0.4 is 0 Å². The van der Waals surface area contributed by atoms with Gasteiger partial charge in [-0.15, -0.1) is 0 Å². The van der Waals surface area contributed by atoms with Crippen molar-refractivity contribution in [1.82, 2.24) is 0 Å². The molecule has 1 aliphatic carbocycles. The number of hydrogen-bond acceptors (Lipinski definition) is 3. The standard InChI is InChI=1S/C13H22O3/c1-2-3-4-5-11(14)7-6-10-8-12(15)9-13(10)16/h6-7,10-11,13-14,16H,2-5,8-9H2,1H3/b7-6+/t10-,11?,13?/m1/s1. The van der Waals surface area contributed by atoms with E-state index in [1.807, 2.05) is 0 Å². The molecule has 3 heteroatoms. The topological polar surface area (TPSA) is 57.5 Å². The molecule has 0 aromatic heterocycles. The largest absolute Gasteiger partial charge is 0.392 e. The first-order valence-corrected chi connectivity index (χ1v) is 6.19. The minimum absolute atomic E-state index is 0.0895. The Kier molecular flexibility index (Phi) is 5.71. The Morgan fingerprint density at radius 3 is 2.75 bits per heavy atom. The molecule has 16 heavy (non-hydrogen) atoms. The molecule has 0 aliphatic heterocycles. The molecule has 92 valence electrons. The Morgan fingerprint density at radius 1 is 1.44 bits per heavy atom. The lowest BCUT2D eigenvalue weighted by molar-refractivity contribution is -0.117. The fraction of sp³-hybridized carbons (Fsp3) is 0.769. The molecule has 0 spiro atoms.